The van der Waals surface area contributed by atoms with Gasteiger partial charge < -0.3 is 20.1 Å². The Balaban J connectivity index is 1.53. The number of carboxylic acids is 2. The monoisotopic (exact) mass is 446 g/mol. The topological polar surface area (TPSA) is 119 Å². The second kappa shape index (κ2) is 8.53. The number of carbonyl (C=O) groups is 2. The van der Waals surface area contributed by atoms with Crippen LogP contribution >= 0.6 is 23.4 Å². The lowest BCUT2D eigenvalue weighted by Gasteiger charge is -2.32. The summed E-state index contributed by atoms with van der Waals surface area (Å²) in [6.45, 7) is 1.43. The van der Waals surface area contributed by atoms with Crippen molar-refractivity contribution in [1.82, 2.24) is 15.0 Å². The number of carboxylic acid groups (broad SMARTS) is 2. The van der Waals surface area contributed by atoms with E-state index in [1.54, 1.807) is 6.07 Å². The maximum atomic E-state index is 11.1. The highest BCUT2D eigenvalue weighted by atomic mass is 35.5. The lowest BCUT2D eigenvalue weighted by Crippen LogP contribution is -2.36. The minimum Gasteiger partial charge on any atom is -0.481 e. The molecule has 3 aromatic rings. The summed E-state index contributed by atoms with van der Waals surface area (Å²) in [6, 6.07) is 9.58. The van der Waals surface area contributed by atoms with Crippen molar-refractivity contribution in [2.45, 2.75) is 18.0 Å². The third-order valence-corrected chi connectivity index (χ3v) is 6.23. The zero-order chi connectivity index (χ0) is 21.3. The lowest BCUT2D eigenvalue weighted by atomic mass is 9.96. The van der Waals surface area contributed by atoms with Gasteiger partial charge in [0.05, 0.1) is 27.9 Å². The van der Waals surface area contributed by atoms with Crippen LogP contribution in [0.4, 0.5) is 5.69 Å². The molecule has 3 heterocycles. The van der Waals surface area contributed by atoms with Crippen LogP contribution in [-0.2, 0) is 9.59 Å². The van der Waals surface area contributed by atoms with Gasteiger partial charge in [-0.3, -0.25) is 9.59 Å². The van der Waals surface area contributed by atoms with Gasteiger partial charge in [0, 0.05) is 24.3 Å². The molecule has 10 heteroatoms. The van der Waals surface area contributed by atoms with Crippen molar-refractivity contribution in [3.05, 3.63) is 35.4 Å². The normalized spacial score (nSPS) is 14.9. The van der Waals surface area contributed by atoms with Gasteiger partial charge in [0.15, 0.2) is 10.8 Å². The summed E-state index contributed by atoms with van der Waals surface area (Å²) >= 11 is 7.52. The number of nitrogens with zero attached hydrogens (tertiary/aromatic N) is 3. The number of aromatic amines is 1. The second-order valence-electron chi connectivity index (χ2n) is 7.06. The smallest absolute Gasteiger partial charge is 0.313 e. The van der Waals surface area contributed by atoms with Crippen LogP contribution in [0.25, 0.3) is 22.4 Å². The average Bonchev–Trinajstić information content (AvgIpc) is 3.13. The van der Waals surface area contributed by atoms with Gasteiger partial charge in [-0.25, -0.2) is 9.97 Å². The molecule has 3 N–H and O–H groups in total. The molecule has 156 valence electrons. The zero-order valence-electron chi connectivity index (χ0n) is 15.8. The molecule has 8 nitrogen and oxygen atoms in total. The fourth-order valence-corrected chi connectivity index (χ4v) is 4.37. The Bertz CT molecular complexity index is 1090. The van der Waals surface area contributed by atoms with Crippen LogP contribution < -0.4 is 4.90 Å². The summed E-state index contributed by atoms with van der Waals surface area (Å²) in [5, 5.41) is 18.9. The number of imidazole rings is 1. The van der Waals surface area contributed by atoms with Gasteiger partial charge in [0.2, 0.25) is 0 Å². The largest absolute Gasteiger partial charge is 0.481 e. The van der Waals surface area contributed by atoms with Gasteiger partial charge in [-0.1, -0.05) is 35.5 Å². The molecule has 30 heavy (non-hydrogen) atoms. The van der Waals surface area contributed by atoms with Crippen molar-refractivity contribution in [3.63, 3.8) is 0 Å². The SMILES string of the molecule is O=C(O)CSc1nc2nc(-c3ccc(N4CCC(C(=O)O)CC4)cc3)c(Cl)cc2[nH]1. The summed E-state index contributed by atoms with van der Waals surface area (Å²) in [6.07, 6.45) is 1.28. The van der Waals surface area contributed by atoms with Gasteiger partial charge >= 0.3 is 11.9 Å². The van der Waals surface area contributed by atoms with Crippen molar-refractivity contribution >= 4 is 52.2 Å². The lowest BCUT2D eigenvalue weighted by molar-refractivity contribution is -0.142. The molecular weight excluding hydrogens is 428 g/mol. The molecule has 0 unspecified atom stereocenters. The standard InChI is InChI=1S/C20H19ClN4O4S/c21-14-9-15-18(24-20(22-15)30-10-16(26)27)23-17(14)11-1-3-13(4-2-11)25-7-5-12(6-8-25)19(28)29/h1-4,9,12H,5-8,10H2,(H,26,27)(H,28,29)(H,22,23,24). The molecule has 1 fully saturated rings. The Morgan fingerprint density at radius 3 is 2.50 bits per heavy atom. The molecule has 0 radical (unpaired) electrons. The highest BCUT2D eigenvalue weighted by Gasteiger charge is 2.24. The van der Waals surface area contributed by atoms with Gasteiger partial charge in [0.25, 0.3) is 0 Å². The molecule has 0 aliphatic carbocycles. The average molecular weight is 447 g/mol. The van der Waals surface area contributed by atoms with Gasteiger partial charge in [-0.05, 0) is 31.0 Å². The summed E-state index contributed by atoms with van der Waals surface area (Å²) < 4.78 is 0. The summed E-state index contributed by atoms with van der Waals surface area (Å²) in [5.41, 5.74) is 3.60. The van der Waals surface area contributed by atoms with E-state index in [1.807, 2.05) is 24.3 Å². The van der Waals surface area contributed by atoms with Gasteiger partial charge in [0.1, 0.15) is 0 Å². The molecule has 0 atom stereocenters. The predicted octanol–water partition coefficient (Wildman–Crippen LogP) is 3.76. The number of halogens is 1. The second-order valence-corrected chi connectivity index (χ2v) is 8.43. The van der Waals surface area contributed by atoms with Crippen LogP contribution in [0.5, 0.6) is 0 Å². The van der Waals surface area contributed by atoms with E-state index < -0.39 is 11.9 Å². The fourth-order valence-electron chi connectivity index (χ4n) is 3.51. The first-order chi connectivity index (χ1) is 14.4. The van der Waals surface area contributed by atoms with Crippen LogP contribution in [0.1, 0.15) is 12.8 Å². The number of aliphatic carboxylic acids is 2. The van der Waals surface area contributed by atoms with E-state index in [1.165, 1.54) is 0 Å². The number of nitrogens with one attached hydrogen (secondary N) is 1. The number of piperidine rings is 1. The Hall–Kier alpha value is -2.78. The molecular formula is C20H19ClN4O4S. The number of H-pyrrole nitrogens is 1. The number of hydrogen-bond donors (Lipinski definition) is 3. The van der Waals surface area contributed by atoms with Crippen molar-refractivity contribution in [2.75, 3.05) is 23.7 Å². The van der Waals surface area contributed by atoms with E-state index in [0.29, 0.717) is 53.0 Å². The molecule has 1 aliphatic rings. The quantitative estimate of drug-likeness (QED) is 0.489. The minimum absolute atomic E-state index is 0.0917. The maximum Gasteiger partial charge on any atom is 0.313 e. The number of thioether (sulfide) groups is 1. The number of hydrogen-bond acceptors (Lipinski definition) is 6. The number of anilines is 1. The fraction of sp³-hybridized carbons (Fsp3) is 0.300. The Labute approximate surface area is 181 Å². The molecule has 0 bridgehead atoms. The third kappa shape index (κ3) is 4.36. The number of pyridine rings is 1. The molecule has 1 saturated heterocycles. The summed E-state index contributed by atoms with van der Waals surface area (Å²) in [4.78, 5) is 36.0. The van der Waals surface area contributed by atoms with Crippen LogP contribution in [0.15, 0.2) is 35.5 Å². The molecule has 0 spiro atoms. The van der Waals surface area contributed by atoms with Crippen molar-refractivity contribution < 1.29 is 19.8 Å². The van der Waals surface area contributed by atoms with Crippen LogP contribution in [0, 0.1) is 5.92 Å². The van der Waals surface area contributed by atoms with Crippen LogP contribution in [-0.4, -0.2) is 55.9 Å². The molecule has 2 aromatic heterocycles. The van der Waals surface area contributed by atoms with E-state index in [0.717, 1.165) is 23.0 Å². The first kappa shape index (κ1) is 20.5. The maximum absolute atomic E-state index is 11.1. The highest BCUT2D eigenvalue weighted by Crippen LogP contribution is 2.32. The van der Waals surface area contributed by atoms with E-state index >= 15 is 0 Å². The van der Waals surface area contributed by atoms with Gasteiger partial charge in [-0.15, -0.1) is 0 Å². The minimum atomic E-state index is -0.917. The van der Waals surface area contributed by atoms with Crippen molar-refractivity contribution in [1.29, 1.82) is 0 Å². The van der Waals surface area contributed by atoms with E-state index in [9.17, 15) is 9.59 Å². The molecule has 0 saturated carbocycles. The zero-order valence-corrected chi connectivity index (χ0v) is 17.4. The van der Waals surface area contributed by atoms with Crippen molar-refractivity contribution in [3.8, 4) is 11.3 Å². The van der Waals surface area contributed by atoms with E-state index in [4.69, 9.17) is 21.8 Å². The van der Waals surface area contributed by atoms with Crippen LogP contribution in [0.2, 0.25) is 5.02 Å². The number of benzene rings is 1. The first-order valence-corrected chi connectivity index (χ1v) is 10.8. The Morgan fingerprint density at radius 2 is 1.87 bits per heavy atom. The van der Waals surface area contributed by atoms with Crippen molar-refractivity contribution in [2.24, 2.45) is 5.92 Å². The Kier molecular flexibility index (Phi) is 5.83. The summed E-state index contributed by atoms with van der Waals surface area (Å²) in [5.74, 6) is -1.99. The van der Waals surface area contributed by atoms with E-state index in [2.05, 4.69) is 19.9 Å². The van der Waals surface area contributed by atoms with E-state index in [-0.39, 0.29) is 11.7 Å². The predicted molar refractivity (Wildman–Crippen MR) is 115 cm³/mol. The summed E-state index contributed by atoms with van der Waals surface area (Å²) in [7, 11) is 0. The van der Waals surface area contributed by atoms with Crippen LogP contribution in [0.3, 0.4) is 0 Å². The Morgan fingerprint density at radius 1 is 1.17 bits per heavy atom. The first-order valence-electron chi connectivity index (χ1n) is 9.40. The third-order valence-electron chi connectivity index (χ3n) is 5.09. The number of aromatic nitrogens is 3. The number of fused-ring (bicyclic) bond motifs is 1. The number of rotatable bonds is 6. The molecule has 1 aliphatic heterocycles. The molecule has 4 rings (SSSR count). The highest BCUT2D eigenvalue weighted by molar-refractivity contribution is 7.99. The van der Waals surface area contributed by atoms with Gasteiger partial charge in [-0.2, -0.15) is 0 Å². The molecule has 1 aromatic carbocycles. The molecule has 0 amide bonds.